The number of hydrogen-bond acceptors (Lipinski definition) is 5. The molecular weight excluding hydrogens is 342 g/mol. The van der Waals surface area contributed by atoms with E-state index in [1.54, 1.807) is 7.05 Å². The van der Waals surface area contributed by atoms with E-state index in [9.17, 15) is 13.2 Å². The summed E-state index contributed by atoms with van der Waals surface area (Å²) in [6, 6.07) is -0.894. The fourth-order valence-corrected chi connectivity index (χ4v) is 3.51. The third-order valence-electron chi connectivity index (χ3n) is 4.03. The fourth-order valence-electron chi connectivity index (χ4n) is 2.32. The lowest BCUT2D eigenvalue weighted by atomic mass is 9.95. The molecule has 1 aromatic heterocycles. The van der Waals surface area contributed by atoms with E-state index < -0.39 is 21.6 Å². The molecule has 1 aromatic rings. The highest BCUT2D eigenvalue weighted by atomic mass is 35.5. The minimum Gasteiger partial charge on any atom is -0.348 e. The molecule has 1 amide bonds. The van der Waals surface area contributed by atoms with Crippen LogP contribution in [0.25, 0.3) is 0 Å². The first-order chi connectivity index (χ1) is 10.2. The number of aromatic nitrogens is 2. The van der Waals surface area contributed by atoms with Crippen molar-refractivity contribution in [2.45, 2.75) is 43.2 Å². The molecule has 0 aromatic carbocycles. The molecule has 23 heavy (non-hydrogen) atoms. The number of rotatable bonds is 7. The summed E-state index contributed by atoms with van der Waals surface area (Å²) in [4.78, 5) is 12.3. The molecule has 2 atom stereocenters. The first-order valence-electron chi connectivity index (χ1n) is 7.21. The third kappa shape index (κ3) is 4.66. The van der Waals surface area contributed by atoms with Crippen LogP contribution in [-0.4, -0.2) is 42.2 Å². The van der Waals surface area contributed by atoms with Gasteiger partial charge in [0.1, 0.15) is 4.90 Å². The summed E-state index contributed by atoms with van der Waals surface area (Å²) in [6.07, 6.45) is 4.68. The van der Waals surface area contributed by atoms with Crippen molar-refractivity contribution in [3.63, 3.8) is 0 Å². The van der Waals surface area contributed by atoms with E-state index in [-0.39, 0.29) is 23.2 Å². The van der Waals surface area contributed by atoms with E-state index >= 15 is 0 Å². The van der Waals surface area contributed by atoms with Crippen LogP contribution < -0.4 is 15.8 Å². The first kappa shape index (κ1) is 19.9. The van der Waals surface area contributed by atoms with Crippen molar-refractivity contribution in [2.75, 3.05) is 6.54 Å². The SMILES string of the molecule is CC(NS(=O)(=O)c1cnn(C)c1)C(=O)NC(C)(CN)C1CC1.Cl. The summed E-state index contributed by atoms with van der Waals surface area (Å²) in [7, 11) is -2.15. The number of nitrogens with one attached hydrogen (secondary N) is 2. The van der Waals surface area contributed by atoms with Crippen LogP contribution in [0.3, 0.4) is 0 Å². The van der Waals surface area contributed by atoms with Crippen LogP contribution in [0.2, 0.25) is 0 Å². The van der Waals surface area contributed by atoms with Crippen LogP contribution in [0.4, 0.5) is 0 Å². The quantitative estimate of drug-likeness (QED) is 0.615. The van der Waals surface area contributed by atoms with Gasteiger partial charge in [-0.05, 0) is 32.6 Å². The van der Waals surface area contributed by atoms with E-state index in [1.165, 1.54) is 24.0 Å². The molecule has 2 unspecified atom stereocenters. The Morgan fingerprint density at radius 3 is 2.61 bits per heavy atom. The number of sulfonamides is 1. The maximum atomic E-state index is 12.2. The summed E-state index contributed by atoms with van der Waals surface area (Å²) in [5, 5.41) is 6.69. The van der Waals surface area contributed by atoms with Gasteiger partial charge in [0, 0.05) is 19.8 Å². The van der Waals surface area contributed by atoms with Crippen molar-refractivity contribution in [3.8, 4) is 0 Å². The molecule has 4 N–H and O–H groups in total. The number of carbonyl (C=O) groups excluding carboxylic acids is 1. The molecule has 0 bridgehead atoms. The van der Waals surface area contributed by atoms with Gasteiger partial charge in [0.25, 0.3) is 0 Å². The number of carbonyl (C=O) groups is 1. The summed E-state index contributed by atoms with van der Waals surface area (Å²) in [6.45, 7) is 3.73. The zero-order valence-corrected chi connectivity index (χ0v) is 15.1. The average Bonchev–Trinajstić information content (AvgIpc) is 3.20. The van der Waals surface area contributed by atoms with Crippen molar-refractivity contribution in [1.29, 1.82) is 0 Å². The molecule has 2 rings (SSSR count). The molecule has 0 aliphatic heterocycles. The second-order valence-corrected chi connectivity index (χ2v) is 7.79. The molecule has 8 nitrogen and oxygen atoms in total. The number of nitrogens with zero attached hydrogens (tertiary/aromatic N) is 2. The predicted octanol–water partition coefficient (Wildman–Crippen LogP) is -0.248. The normalized spacial score (nSPS) is 18.6. The maximum Gasteiger partial charge on any atom is 0.244 e. The van der Waals surface area contributed by atoms with E-state index in [1.807, 2.05) is 6.92 Å². The summed E-state index contributed by atoms with van der Waals surface area (Å²) in [5.41, 5.74) is 5.27. The first-order valence-corrected chi connectivity index (χ1v) is 8.69. The molecular formula is C13H24ClN5O3S. The van der Waals surface area contributed by atoms with Crippen LogP contribution >= 0.6 is 12.4 Å². The van der Waals surface area contributed by atoms with Gasteiger partial charge in [0.2, 0.25) is 15.9 Å². The molecule has 0 radical (unpaired) electrons. The van der Waals surface area contributed by atoms with E-state index in [2.05, 4.69) is 15.1 Å². The van der Waals surface area contributed by atoms with Crippen LogP contribution in [0, 0.1) is 5.92 Å². The van der Waals surface area contributed by atoms with Crippen molar-refractivity contribution in [2.24, 2.45) is 18.7 Å². The van der Waals surface area contributed by atoms with Gasteiger partial charge >= 0.3 is 0 Å². The Labute approximate surface area is 142 Å². The van der Waals surface area contributed by atoms with Gasteiger partial charge < -0.3 is 11.1 Å². The van der Waals surface area contributed by atoms with Gasteiger partial charge in [0.15, 0.2) is 0 Å². The fraction of sp³-hybridized carbons (Fsp3) is 0.692. The van der Waals surface area contributed by atoms with E-state index in [4.69, 9.17) is 5.73 Å². The number of amides is 1. The highest BCUT2D eigenvalue weighted by molar-refractivity contribution is 7.89. The molecule has 0 saturated heterocycles. The number of aryl methyl sites for hydroxylation is 1. The monoisotopic (exact) mass is 365 g/mol. The lowest BCUT2D eigenvalue weighted by molar-refractivity contribution is -0.124. The Morgan fingerprint density at radius 1 is 1.57 bits per heavy atom. The number of nitrogens with two attached hydrogens (primary N) is 1. The van der Waals surface area contributed by atoms with Gasteiger partial charge in [-0.3, -0.25) is 9.48 Å². The Kier molecular flexibility index (Phi) is 6.19. The van der Waals surface area contributed by atoms with Crippen LogP contribution in [0.1, 0.15) is 26.7 Å². The smallest absolute Gasteiger partial charge is 0.244 e. The van der Waals surface area contributed by atoms with E-state index in [0.717, 1.165) is 12.8 Å². The Balaban J connectivity index is 0.00000264. The van der Waals surface area contributed by atoms with Gasteiger partial charge in [-0.15, -0.1) is 12.4 Å². The highest BCUT2D eigenvalue weighted by Crippen LogP contribution is 2.38. The Morgan fingerprint density at radius 2 is 2.17 bits per heavy atom. The maximum absolute atomic E-state index is 12.2. The Bertz CT molecular complexity index is 658. The van der Waals surface area contributed by atoms with Crippen LogP contribution in [0.15, 0.2) is 17.3 Å². The summed E-state index contributed by atoms with van der Waals surface area (Å²) >= 11 is 0. The largest absolute Gasteiger partial charge is 0.348 e. The van der Waals surface area contributed by atoms with Gasteiger partial charge in [-0.1, -0.05) is 0 Å². The second kappa shape index (κ2) is 7.16. The van der Waals surface area contributed by atoms with Crippen molar-refractivity contribution in [1.82, 2.24) is 19.8 Å². The number of hydrogen-bond donors (Lipinski definition) is 3. The lowest BCUT2D eigenvalue weighted by Gasteiger charge is -2.31. The minimum atomic E-state index is -3.78. The van der Waals surface area contributed by atoms with E-state index in [0.29, 0.717) is 12.5 Å². The van der Waals surface area contributed by atoms with Crippen LogP contribution in [-0.2, 0) is 21.9 Å². The molecule has 1 heterocycles. The molecule has 10 heteroatoms. The van der Waals surface area contributed by atoms with Gasteiger partial charge in [0.05, 0.1) is 17.8 Å². The standard InChI is InChI=1S/C13H23N5O3S.ClH/c1-9(12(19)16-13(2,8-14)10-4-5-10)17-22(20,21)11-6-15-18(3)7-11;/h6-7,9-10,17H,4-5,8,14H2,1-3H3,(H,16,19);1H. The number of halogens is 1. The lowest BCUT2D eigenvalue weighted by Crippen LogP contribution is -2.57. The third-order valence-corrected chi connectivity index (χ3v) is 5.52. The molecule has 1 aliphatic carbocycles. The molecule has 1 aliphatic rings. The topological polar surface area (TPSA) is 119 Å². The van der Waals surface area contributed by atoms with Crippen molar-refractivity contribution in [3.05, 3.63) is 12.4 Å². The molecule has 1 saturated carbocycles. The summed E-state index contributed by atoms with van der Waals surface area (Å²) < 4.78 is 28.1. The second-order valence-electron chi connectivity index (χ2n) is 6.08. The molecule has 1 fully saturated rings. The van der Waals surface area contributed by atoms with Crippen molar-refractivity contribution >= 4 is 28.3 Å². The zero-order valence-electron chi connectivity index (χ0n) is 13.4. The minimum absolute atomic E-state index is 0. The molecule has 0 spiro atoms. The highest BCUT2D eigenvalue weighted by Gasteiger charge is 2.42. The van der Waals surface area contributed by atoms with Crippen molar-refractivity contribution < 1.29 is 13.2 Å². The van der Waals surface area contributed by atoms with Gasteiger partial charge in [-0.2, -0.15) is 9.82 Å². The summed E-state index contributed by atoms with van der Waals surface area (Å²) in [5.74, 6) is -0.0177. The van der Waals surface area contributed by atoms with Crippen LogP contribution in [0.5, 0.6) is 0 Å². The predicted molar refractivity (Wildman–Crippen MR) is 88.6 cm³/mol. The molecule has 132 valence electrons. The average molecular weight is 366 g/mol. The van der Waals surface area contributed by atoms with Gasteiger partial charge in [-0.25, -0.2) is 8.42 Å². The Hall–Kier alpha value is -1.16. The zero-order chi connectivity index (χ0) is 16.5.